The van der Waals surface area contributed by atoms with Crippen LogP contribution in [0.25, 0.3) is 0 Å². The van der Waals surface area contributed by atoms with E-state index in [2.05, 4.69) is 0 Å². The maximum Gasteiger partial charge on any atom is 0.323 e. The number of nitrogens with two attached hydrogens (primary N) is 2. The Morgan fingerprint density at radius 3 is 2.29 bits per heavy atom. The Morgan fingerprint density at radius 1 is 1.17 bits per heavy atom. The molecule has 0 bridgehead atoms. The van der Waals surface area contributed by atoms with Crippen molar-refractivity contribution < 1.29 is 19.2 Å². The van der Waals surface area contributed by atoms with Crippen LogP contribution in [0.4, 0.5) is 11.4 Å². The van der Waals surface area contributed by atoms with Crippen LogP contribution < -0.4 is 16.4 Å². The van der Waals surface area contributed by atoms with Crippen molar-refractivity contribution in [3.8, 4) is 0 Å². The molecule has 8 nitrogen and oxygen atoms in total. The molecule has 1 fully saturated rings. The van der Waals surface area contributed by atoms with E-state index in [0.717, 1.165) is 4.90 Å². The summed E-state index contributed by atoms with van der Waals surface area (Å²) in [4.78, 5) is 50.1. The van der Waals surface area contributed by atoms with Gasteiger partial charge in [0.2, 0.25) is 11.8 Å². The number of hydrogen-bond donors (Lipinski definition) is 2. The molecule has 128 valence electrons. The van der Waals surface area contributed by atoms with Crippen LogP contribution in [0.5, 0.6) is 0 Å². The van der Waals surface area contributed by atoms with Gasteiger partial charge in [0, 0.05) is 31.6 Å². The number of likely N-dealkylation sites (tertiary alicyclic amines) is 1. The van der Waals surface area contributed by atoms with Crippen molar-refractivity contribution in [1.29, 1.82) is 0 Å². The summed E-state index contributed by atoms with van der Waals surface area (Å²) in [6, 6.07) is 6.19. The van der Waals surface area contributed by atoms with Crippen LogP contribution in [0.1, 0.15) is 19.8 Å². The van der Waals surface area contributed by atoms with Crippen LogP contribution in [0, 0.1) is 5.92 Å². The number of carbonyl (C=O) groups excluding carboxylic acids is 4. The van der Waals surface area contributed by atoms with Gasteiger partial charge in [-0.05, 0) is 31.0 Å². The van der Waals surface area contributed by atoms with E-state index in [1.807, 2.05) is 0 Å². The second-order valence-corrected chi connectivity index (χ2v) is 5.72. The minimum absolute atomic E-state index is 0.243. The SMILES string of the molecule is CC(=O)N(C(=O)C(=O)N1CCC(C(N)=O)CC1)c1cccc(N)c1. The summed E-state index contributed by atoms with van der Waals surface area (Å²) in [5, 5.41) is 0. The van der Waals surface area contributed by atoms with Gasteiger partial charge in [0.25, 0.3) is 0 Å². The summed E-state index contributed by atoms with van der Waals surface area (Å²) in [7, 11) is 0. The van der Waals surface area contributed by atoms with Crippen LogP contribution in [-0.2, 0) is 19.2 Å². The molecule has 8 heteroatoms. The quantitative estimate of drug-likeness (QED) is 0.576. The van der Waals surface area contributed by atoms with Gasteiger partial charge in [0.1, 0.15) is 0 Å². The number of carbonyl (C=O) groups is 4. The van der Waals surface area contributed by atoms with Crippen molar-refractivity contribution in [2.24, 2.45) is 11.7 Å². The van der Waals surface area contributed by atoms with Crippen molar-refractivity contribution in [2.45, 2.75) is 19.8 Å². The van der Waals surface area contributed by atoms with Gasteiger partial charge in [-0.3, -0.25) is 19.2 Å². The average Bonchev–Trinajstić information content (AvgIpc) is 2.54. The normalized spacial score (nSPS) is 15.0. The van der Waals surface area contributed by atoms with Crippen molar-refractivity contribution in [1.82, 2.24) is 4.90 Å². The highest BCUT2D eigenvalue weighted by Gasteiger charge is 2.33. The number of amides is 4. The number of hydrogen-bond acceptors (Lipinski definition) is 5. The first-order chi connectivity index (χ1) is 11.3. The highest BCUT2D eigenvalue weighted by molar-refractivity contribution is 6.45. The first-order valence-corrected chi connectivity index (χ1v) is 7.60. The molecule has 1 aromatic carbocycles. The lowest BCUT2D eigenvalue weighted by molar-refractivity contribution is -0.146. The van der Waals surface area contributed by atoms with Crippen LogP contribution in [0.3, 0.4) is 0 Å². The monoisotopic (exact) mass is 332 g/mol. The predicted octanol–water partition coefficient (Wildman–Crippen LogP) is -0.128. The van der Waals surface area contributed by atoms with Gasteiger partial charge in [-0.25, -0.2) is 4.90 Å². The van der Waals surface area contributed by atoms with E-state index < -0.39 is 23.6 Å². The Balaban J connectivity index is 2.14. The first kappa shape index (κ1) is 17.5. The van der Waals surface area contributed by atoms with E-state index in [9.17, 15) is 19.2 Å². The van der Waals surface area contributed by atoms with Crippen LogP contribution >= 0.6 is 0 Å². The fourth-order valence-corrected chi connectivity index (χ4v) is 2.70. The zero-order valence-corrected chi connectivity index (χ0v) is 13.4. The minimum Gasteiger partial charge on any atom is -0.399 e. The maximum absolute atomic E-state index is 12.5. The largest absolute Gasteiger partial charge is 0.399 e. The molecule has 24 heavy (non-hydrogen) atoms. The zero-order chi connectivity index (χ0) is 17.9. The summed E-state index contributed by atoms with van der Waals surface area (Å²) in [6.07, 6.45) is 0.819. The lowest BCUT2D eigenvalue weighted by Crippen LogP contribution is -2.50. The molecule has 1 heterocycles. The second-order valence-electron chi connectivity index (χ2n) is 5.72. The van der Waals surface area contributed by atoms with E-state index in [1.165, 1.54) is 24.0 Å². The molecule has 1 aliphatic rings. The smallest absolute Gasteiger partial charge is 0.323 e. The van der Waals surface area contributed by atoms with E-state index in [-0.39, 0.29) is 24.7 Å². The number of benzene rings is 1. The summed E-state index contributed by atoms with van der Waals surface area (Å²) >= 11 is 0. The van der Waals surface area contributed by atoms with Crippen molar-refractivity contribution in [3.63, 3.8) is 0 Å². The molecule has 0 radical (unpaired) electrons. The number of nitrogen functional groups attached to an aromatic ring is 1. The van der Waals surface area contributed by atoms with E-state index in [4.69, 9.17) is 11.5 Å². The number of piperidine rings is 1. The number of primary amides is 1. The van der Waals surface area contributed by atoms with Crippen molar-refractivity contribution >= 4 is 35.0 Å². The first-order valence-electron chi connectivity index (χ1n) is 7.60. The molecule has 1 aliphatic heterocycles. The highest BCUT2D eigenvalue weighted by Crippen LogP contribution is 2.21. The average molecular weight is 332 g/mol. The predicted molar refractivity (Wildman–Crippen MR) is 87.5 cm³/mol. The fourth-order valence-electron chi connectivity index (χ4n) is 2.70. The summed E-state index contributed by atoms with van der Waals surface area (Å²) in [5.74, 6) is -2.99. The molecule has 4 amide bonds. The Hall–Kier alpha value is -2.90. The third-order valence-corrected chi connectivity index (χ3v) is 4.01. The third-order valence-electron chi connectivity index (χ3n) is 4.01. The van der Waals surface area contributed by atoms with E-state index in [0.29, 0.717) is 18.5 Å². The highest BCUT2D eigenvalue weighted by atomic mass is 16.2. The second kappa shape index (κ2) is 7.12. The van der Waals surface area contributed by atoms with Gasteiger partial charge in [0.15, 0.2) is 0 Å². The van der Waals surface area contributed by atoms with Crippen molar-refractivity contribution in [3.05, 3.63) is 24.3 Å². The van der Waals surface area contributed by atoms with Crippen molar-refractivity contribution in [2.75, 3.05) is 23.7 Å². The molecular weight excluding hydrogens is 312 g/mol. The molecule has 2 rings (SSSR count). The molecule has 0 unspecified atom stereocenters. The fraction of sp³-hybridized carbons (Fsp3) is 0.375. The summed E-state index contributed by atoms with van der Waals surface area (Å²) < 4.78 is 0. The van der Waals surface area contributed by atoms with Gasteiger partial charge < -0.3 is 16.4 Å². The number of anilines is 2. The standard InChI is InChI=1S/C16H20N4O4/c1-10(21)20(13-4-2-3-12(17)9-13)16(24)15(23)19-7-5-11(6-8-19)14(18)22/h2-4,9,11H,5-8,17H2,1H3,(H2,18,22). The van der Waals surface area contributed by atoms with Crippen LogP contribution in [-0.4, -0.2) is 41.6 Å². The molecule has 0 atom stereocenters. The Morgan fingerprint density at radius 2 is 1.79 bits per heavy atom. The molecule has 0 aliphatic carbocycles. The van der Waals surface area contributed by atoms with Gasteiger partial charge in [-0.15, -0.1) is 0 Å². The molecule has 0 saturated carbocycles. The van der Waals surface area contributed by atoms with Gasteiger partial charge in [-0.2, -0.15) is 0 Å². The molecule has 4 N–H and O–H groups in total. The summed E-state index contributed by atoms with van der Waals surface area (Å²) in [6.45, 7) is 1.70. The molecule has 0 aromatic heterocycles. The van der Waals surface area contributed by atoms with Gasteiger partial charge in [0.05, 0.1) is 5.69 Å². The lowest BCUT2D eigenvalue weighted by atomic mass is 9.96. The number of nitrogens with zero attached hydrogens (tertiary/aromatic N) is 2. The minimum atomic E-state index is -0.939. The Labute approximate surface area is 139 Å². The number of rotatable bonds is 2. The zero-order valence-electron chi connectivity index (χ0n) is 13.4. The van der Waals surface area contributed by atoms with Crippen LogP contribution in [0.2, 0.25) is 0 Å². The lowest BCUT2D eigenvalue weighted by Gasteiger charge is -2.31. The third kappa shape index (κ3) is 3.70. The number of imide groups is 1. The Kier molecular flexibility index (Phi) is 5.18. The molecular formula is C16H20N4O4. The topological polar surface area (TPSA) is 127 Å². The van der Waals surface area contributed by atoms with Crippen LogP contribution in [0.15, 0.2) is 24.3 Å². The summed E-state index contributed by atoms with van der Waals surface area (Å²) in [5.41, 5.74) is 11.5. The van der Waals surface area contributed by atoms with Gasteiger partial charge >= 0.3 is 11.8 Å². The van der Waals surface area contributed by atoms with E-state index in [1.54, 1.807) is 12.1 Å². The molecule has 0 spiro atoms. The maximum atomic E-state index is 12.5. The molecule has 1 aromatic rings. The van der Waals surface area contributed by atoms with E-state index >= 15 is 0 Å². The Bertz CT molecular complexity index is 680. The van der Waals surface area contributed by atoms with Gasteiger partial charge in [-0.1, -0.05) is 6.07 Å². The molecule has 1 saturated heterocycles.